The Morgan fingerprint density at radius 3 is 2.50 bits per heavy atom. The Hall–Kier alpha value is -1.91. The van der Waals surface area contributed by atoms with Gasteiger partial charge in [0.15, 0.2) is 0 Å². The lowest BCUT2D eigenvalue weighted by Crippen LogP contribution is -2.26. The van der Waals surface area contributed by atoms with Crippen molar-refractivity contribution in [3.05, 3.63) is 64.4 Å². The molecule has 1 N–H and O–H groups in total. The van der Waals surface area contributed by atoms with Gasteiger partial charge in [-0.1, -0.05) is 49.7 Å². The highest BCUT2D eigenvalue weighted by molar-refractivity contribution is 6.31. The number of hydrogen-bond acceptors (Lipinski definition) is 2. The average Bonchev–Trinajstić information content (AvgIpc) is 3.01. The van der Waals surface area contributed by atoms with Crippen molar-refractivity contribution >= 4 is 22.6 Å². The van der Waals surface area contributed by atoms with Gasteiger partial charge in [0.25, 0.3) is 0 Å². The standard InChI is InChI=1S/C23H28ClFN2O/c1-22(2,14-28-5)15-10-11-19-20(12-15)27-21(26-19)13-17(23(3,4)25)16-8-6-7-9-18(16)24/h6-12,17H,13-14H2,1-5H3,(H,26,27). The minimum atomic E-state index is -1.43. The highest BCUT2D eigenvalue weighted by Crippen LogP contribution is 2.37. The zero-order valence-electron chi connectivity index (χ0n) is 17.1. The van der Waals surface area contributed by atoms with Gasteiger partial charge in [-0.2, -0.15) is 0 Å². The molecular weight excluding hydrogens is 375 g/mol. The molecule has 0 aliphatic heterocycles. The first-order valence-electron chi connectivity index (χ1n) is 9.53. The molecule has 3 aromatic rings. The smallest absolute Gasteiger partial charge is 0.112 e. The third-order valence-electron chi connectivity index (χ3n) is 5.32. The van der Waals surface area contributed by atoms with Gasteiger partial charge in [-0.25, -0.2) is 9.37 Å². The molecule has 1 aromatic heterocycles. The molecular formula is C23H28ClFN2O. The quantitative estimate of drug-likeness (QED) is 0.509. The van der Waals surface area contributed by atoms with E-state index >= 15 is 4.39 Å². The van der Waals surface area contributed by atoms with E-state index < -0.39 is 11.6 Å². The predicted octanol–water partition coefficient (Wildman–Crippen LogP) is 6.21. The number of H-pyrrole nitrogens is 1. The number of nitrogens with zero attached hydrogens (tertiary/aromatic N) is 1. The number of alkyl halides is 1. The van der Waals surface area contributed by atoms with Gasteiger partial charge in [0.2, 0.25) is 0 Å². The molecule has 0 fully saturated rings. The Labute approximate surface area is 171 Å². The van der Waals surface area contributed by atoms with E-state index in [0.29, 0.717) is 18.1 Å². The van der Waals surface area contributed by atoms with Gasteiger partial charge in [-0.15, -0.1) is 0 Å². The van der Waals surface area contributed by atoms with Crippen LogP contribution < -0.4 is 0 Å². The van der Waals surface area contributed by atoms with Crippen LogP contribution in [0.4, 0.5) is 4.39 Å². The van der Waals surface area contributed by atoms with Crippen molar-refractivity contribution in [3.8, 4) is 0 Å². The summed E-state index contributed by atoms with van der Waals surface area (Å²) >= 11 is 6.36. The number of fused-ring (bicyclic) bond motifs is 1. The number of rotatable bonds is 7. The topological polar surface area (TPSA) is 37.9 Å². The summed E-state index contributed by atoms with van der Waals surface area (Å²) in [7, 11) is 1.71. The minimum Gasteiger partial charge on any atom is -0.384 e. The highest BCUT2D eigenvalue weighted by Gasteiger charge is 2.33. The Kier molecular flexibility index (Phi) is 5.83. The molecule has 0 aliphatic carbocycles. The zero-order chi connectivity index (χ0) is 20.5. The summed E-state index contributed by atoms with van der Waals surface area (Å²) in [4.78, 5) is 8.07. The maximum atomic E-state index is 15.1. The van der Waals surface area contributed by atoms with Gasteiger partial charge >= 0.3 is 0 Å². The van der Waals surface area contributed by atoms with Crippen LogP contribution in [0.3, 0.4) is 0 Å². The molecule has 28 heavy (non-hydrogen) atoms. The van der Waals surface area contributed by atoms with Crippen LogP contribution in [0.1, 0.15) is 50.6 Å². The van der Waals surface area contributed by atoms with Crippen molar-refractivity contribution in [2.75, 3.05) is 13.7 Å². The van der Waals surface area contributed by atoms with Gasteiger partial charge in [0, 0.05) is 29.9 Å². The monoisotopic (exact) mass is 402 g/mol. The van der Waals surface area contributed by atoms with Gasteiger partial charge in [-0.05, 0) is 43.2 Å². The third kappa shape index (κ3) is 4.39. The first-order chi connectivity index (χ1) is 13.1. The van der Waals surface area contributed by atoms with Crippen LogP contribution in [-0.4, -0.2) is 29.4 Å². The number of aromatic amines is 1. The molecule has 0 radical (unpaired) electrons. The second kappa shape index (κ2) is 7.84. The Bertz CT molecular complexity index is 959. The number of imidazole rings is 1. The molecule has 0 amide bonds. The van der Waals surface area contributed by atoms with Crippen LogP contribution in [0, 0.1) is 0 Å². The fraction of sp³-hybridized carbons (Fsp3) is 0.435. The molecule has 0 saturated heterocycles. The molecule has 1 heterocycles. The molecule has 2 aromatic carbocycles. The Morgan fingerprint density at radius 2 is 1.86 bits per heavy atom. The molecule has 3 rings (SSSR count). The highest BCUT2D eigenvalue weighted by atomic mass is 35.5. The summed E-state index contributed by atoms with van der Waals surface area (Å²) in [5.41, 5.74) is 2.27. The van der Waals surface area contributed by atoms with E-state index in [2.05, 4.69) is 31.0 Å². The van der Waals surface area contributed by atoms with E-state index in [1.54, 1.807) is 27.0 Å². The van der Waals surface area contributed by atoms with E-state index in [4.69, 9.17) is 21.3 Å². The average molecular weight is 403 g/mol. The second-order valence-electron chi connectivity index (χ2n) is 8.57. The first-order valence-corrected chi connectivity index (χ1v) is 9.91. The van der Waals surface area contributed by atoms with E-state index in [1.165, 1.54) is 5.56 Å². The molecule has 1 atom stereocenters. The van der Waals surface area contributed by atoms with Crippen LogP contribution in [0.15, 0.2) is 42.5 Å². The van der Waals surface area contributed by atoms with Gasteiger partial charge < -0.3 is 9.72 Å². The lowest BCUT2D eigenvalue weighted by atomic mass is 9.83. The second-order valence-corrected chi connectivity index (χ2v) is 8.98. The van der Waals surface area contributed by atoms with Crippen LogP contribution in [0.5, 0.6) is 0 Å². The number of aromatic nitrogens is 2. The van der Waals surface area contributed by atoms with E-state index in [9.17, 15) is 0 Å². The number of hydrogen-bond donors (Lipinski definition) is 1. The summed E-state index contributed by atoms with van der Waals surface area (Å²) < 4.78 is 20.4. The van der Waals surface area contributed by atoms with Crippen LogP contribution in [0.25, 0.3) is 11.0 Å². The van der Waals surface area contributed by atoms with Gasteiger partial charge in [0.05, 0.1) is 17.6 Å². The van der Waals surface area contributed by atoms with E-state index in [-0.39, 0.29) is 5.41 Å². The van der Waals surface area contributed by atoms with Gasteiger partial charge in [0.1, 0.15) is 11.5 Å². The summed E-state index contributed by atoms with van der Waals surface area (Å²) in [6.45, 7) is 8.11. The molecule has 5 heteroatoms. The summed E-state index contributed by atoms with van der Waals surface area (Å²) in [5, 5.41) is 0.581. The Morgan fingerprint density at radius 1 is 1.14 bits per heavy atom. The Balaban J connectivity index is 1.95. The number of ether oxygens (including phenoxy) is 1. The van der Waals surface area contributed by atoms with Crippen molar-refractivity contribution in [3.63, 3.8) is 0 Å². The molecule has 3 nitrogen and oxygen atoms in total. The molecule has 1 unspecified atom stereocenters. The SMILES string of the molecule is COCC(C)(C)c1ccc2nc(CC(c3ccccc3Cl)C(C)(C)F)[nH]c2c1. The largest absolute Gasteiger partial charge is 0.384 e. The van der Waals surface area contributed by atoms with Crippen molar-refractivity contribution in [1.29, 1.82) is 0 Å². The fourth-order valence-electron chi connectivity index (χ4n) is 3.70. The van der Waals surface area contributed by atoms with Crippen LogP contribution in [0.2, 0.25) is 5.02 Å². The molecule has 0 aliphatic rings. The maximum absolute atomic E-state index is 15.1. The third-order valence-corrected chi connectivity index (χ3v) is 5.67. The fourth-order valence-corrected chi connectivity index (χ4v) is 3.97. The molecule has 0 spiro atoms. The van der Waals surface area contributed by atoms with Crippen molar-refractivity contribution in [1.82, 2.24) is 9.97 Å². The lowest BCUT2D eigenvalue weighted by Gasteiger charge is -2.27. The molecule has 0 bridgehead atoms. The summed E-state index contributed by atoms with van der Waals surface area (Å²) in [5.74, 6) is 0.360. The van der Waals surface area contributed by atoms with Crippen LogP contribution >= 0.6 is 11.6 Å². The van der Waals surface area contributed by atoms with Crippen molar-refractivity contribution < 1.29 is 9.13 Å². The molecule has 0 saturated carbocycles. The van der Waals surface area contributed by atoms with Gasteiger partial charge in [-0.3, -0.25) is 0 Å². The normalized spacial score (nSPS) is 13.8. The zero-order valence-corrected chi connectivity index (χ0v) is 17.9. The van der Waals surface area contributed by atoms with Crippen LogP contribution in [-0.2, 0) is 16.6 Å². The van der Waals surface area contributed by atoms with Crippen molar-refractivity contribution in [2.45, 2.75) is 51.1 Å². The first kappa shape index (κ1) is 20.8. The number of benzene rings is 2. The predicted molar refractivity (Wildman–Crippen MR) is 114 cm³/mol. The maximum Gasteiger partial charge on any atom is 0.112 e. The minimum absolute atomic E-state index is 0.102. The number of halogens is 2. The summed E-state index contributed by atoms with van der Waals surface area (Å²) in [6.07, 6.45) is 0.443. The van der Waals surface area contributed by atoms with E-state index in [1.807, 2.05) is 24.3 Å². The number of nitrogens with one attached hydrogen (secondary N) is 1. The lowest BCUT2D eigenvalue weighted by molar-refractivity contribution is 0.147. The number of methoxy groups -OCH3 is 1. The summed E-state index contributed by atoms with van der Waals surface area (Å²) in [6, 6.07) is 13.6. The van der Waals surface area contributed by atoms with E-state index in [0.717, 1.165) is 22.4 Å². The van der Waals surface area contributed by atoms with Crippen molar-refractivity contribution in [2.24, 2.45) is 0 Å². The molecule has 150 valence electrons.